The van der Waals surface area contributed by atoms with E-state index in [0.29, 0.717) is 5.75 Å². The molecule has 3 aromatic carbocycles. The van der Waals surface area contributed by atoms with Crippen molar-refractivity contribution in [2.45, 2.75) is 17.4 Å². The summed E-state index contributed by atoms with van der Waals surface area (Å²) in [6, 6.07) is 28.9. The smallest absolute Gasteiger partial charge is 0.233 e. The largest absolute Gasteiger partial charge is 0.356 e. The molecule has 0 unspecified atom stereocenters. The third kappa shape index (κ3) is 3.45. The molecule has 2 heterocycles. The molecule has 0 spiro atoms. The standard InChI is InChI=1S/C25H22N2OS/c28-23(17-29-19-11-5-2-6-12-19)27-16-15-21-20-13-7-8-14-22(20)26-24(21)25(27)18-9-3-1-4-10-18/h1-14,25-26H,15-17H2/t25-/m1/s1. The average molecular weight is 399 g/mol. The van der Waals surface area contributed by atoms with Crippen LogP contribution in [0.15, 0.2) is 89.8 Å². The Morgan fingerprint density at radius 2 is 1.62 bits per heavy atom. The van der Waals surface area contributed by atoms with Crippen molar-refractivity contribution in [2.75, 3.05) is 12.3 Å². The fourth-order valence-corrected chi connectivity index (χ4v) is 5.04. The van der Waals surface area contributed by atoms with Crippen molar-refractivity contribution in [2.24, 2.45) is 0 Å². The zero-order valence-corrected chi connectivity index (χ0v) is 16.9. The summed E-state index contributed by atoms with van der Waals surface area (Å²) in [4.78, 5) is 20.1. The number of amides is 1. The summed E-state index contributed by atoms with van der Waals surface area (Å²) in [5.74, 6) is 0.625. The van der Waals surface area contributed by atoms with Gasteiger partial charge in [0.15, 0.2) is 0 Å². The van der Waals surface area contributed by atoms with Gasteiger partial charge in [-0.15, -0.1) is 11.8 Å². The van der Waals surface area contributed by atoms with Crippen LogP contribution in [0.1, 0.15) is 22.9 Å². The number of fused-ring (bicyclic) bond motifs is 3. The van der Waals surface area contributed by atoms with Gasteiger partial charge in [0, 0.05) is 28.0 Å². The van der Waals surface area contributed by atoms with Crippen molar-refractivity contribution in [1.29, 1.82) is 0 Å². The predicted octanol–water partition coefficient (Wildman–Crippen LogP) is 5.43. The highest BCUT2D eigenvalue weighted by molar-refractivity contribution is 8.00. The van der Waals surface area contributed by atoms with Crippen LogP contribution in [0.5, 0.6) is 0 Å². The van der Waals surface area contributed by atoms with Gasteiger partial charge in [0.25, 0.3) is 0 Å². The number of aromatic nitrogens is 1. The highest BCUT2D eigenvalue weighted by atomic mass is 32.2. The molecule has 1 amide bonds. The molecule has 1 atom stereocenters. The van der Waals surface area contributed by atoms with Crippen molar-refractivity contribution in [1.82, 2.24) is 9.88 Å². The number of nitrogens with one attached hydrogen (secondary N) is 1. The molecule has 5 rings (SSSR count). The second-order valence-corrected chi connectivity index (χ2v) is 8.36. The monoisotopic (exact) mass is 398 g/mol. The summed E-state index contributed by atoms with van der Waals surface area (Å²) in [6.45, 7) is 0.739. The lowest BCUT2D eigenvalue weighted by atomic mass is 9.92. The fraction of sp³-hybridized carbons (Fsp3) is 0.160. The van der Waals surface area contributed by atoms with Gasteiger partial charge in [-0.2, -0.15) is 0 Å². The van der Waals surface area contributed by atoms with E-state index in [2.05, 4.69) is 53.5 Å². The molecule has 144 valence electrons. The van der Waals surface area contributed by atoms with E-state index < -0.39 is 0 Å². The van der Waals surface area contributed by atoms with Crippen LogP contribution in [0.3, 0.4) is 0 Å². The average Bonchev–Trinajstić information content (AvgIpc) is 3.17. The number of benzene rings is 3. The maximum Gasteiger partial charge on any atom is 0.233 e. The van der Waals surface area contributed by atoms with Crippen LogP contribution in [0.25, 0.3) is 10.9 Å². The Kier molecular flexibility index (Phi) is 4.86. The van der Waals surface area contributed by atoms with Crippen LogP contribution in [-0.4, -0.2) is 28.1 Å². The number of carbonyl (C=O) groups is 1. The second-order valence-electron chi connectivity index (χ2n) is 7.31. The highest BCUT2D eigenvalue weighted by Gasteiger charge is 2.34. The molecule has 4 heteroatoms. The first-order valence-electron chi connectivity index (χ1n) is 9.93. The van der Waals surface area contributed by atoms with Gasteiger partial charge < -0.3 is 9.88 Å². The van der Waals surface area contributed by atoms with Crippen molar-refractivity contribution in [3.8, 4) is 0 Å². The van der Waals surface area contributed by atoms with Gasteiger partial charge in [0.2, 0.25) is 5.91 Å². The van der Waals surface area contributed by atoms with E-state index in [1.807, 2.05) is 41.3 Å². The maximum absolute atomic E-state index is 13.3. The minimum Gasteiger partial charge on any atom is -0.356 e. The third-order valence-electron chi connectivity index (χ3n) is 5.58. The normalized spacial score (nSPS) is 16.0. The molecule has 0 saturated carbocycles. The maximum atomic E-state index is 13.3. The summed E-state index contributed by atoms with van der Waals surface area (Å²) in [7, 11) is 0. The summed E-state index contributed by atoms with van der Waals surface area (Å²) < 4.78 is 0. The number of thioether (sulfide) groups is 1. The molecule has 0 aliphatic carbocycles. The van der Waals surface area contributed by atoms with Gasteiger partial charge in [0.1, 0.15) is 0 Å². The number of hydrogen-bond donors (Lipinski definition) is 1. The number of rotatable bonds is 4. The molecule has 0 saturated heterocycles. The van der Waals surface area contributed by atoms with Crippen LogP contribution in [0.4, 0.5) is 0 Å². The van der Waals surface area contributed by atoms with E-state index >= 15 is 0 Å². The number of para-hydroxylation sites is 1. The molecule has 4 aromatic rings. The Morgan fingerprint density at radius 1 is 0.931 bits per heavy atom. The lowest BCUT2D eigenvalue weighted by molar-refractivity contribution is -0.130. The van der Waals surface area contributed by atoms with Gasteiger partial charge in [-0.25, -0.2) is 0 Å². The van der Waals surface area contributed by atoms with Crippen LogP contribution in [0.2, 0.25) is 0 Å². The van der Waals surface area contributed by atoms with Gasteiger partial charge in [-0.05, 0) is 35.7 Å². The van der Waals surface area contributed by atoms with Crippen molar-refractivity contribution < 1.29 is 4.79 Å². The van der Waals surface area contributed by atoms with Gasteiger partial charge in [0.05, 0.1) is 11.8 Å². The highest BCUT2D eigenvalue weighted by Crippen LogP contribution is 2.38. The Bertz CT molecular complexity index is 1140. The summed E-state index contributed by atoms with van der Waals surface area (Å²) in [5, 5.41) is 1.27. The molecular weight excluding hydrogens is 376 g/mol. The van der Waals surface area contributed by atoms with Crippen LogP contribution >= 0.6 is 11.8 Å². The molecule has 3 nitrogen and oxygen atoms in total. The zero-order valence-electron chi connectivity index (χ0n) is 16.0. The lowest BCUT2D eigenvalue weighted by Gasteiger charge is -2.36. The Labute approximate surface area is 174 Å². The van der Waals surface area contributed by atoms with Crippen LogP contribution < -0.4 is 0 Å². The number of aromatic amines is 1. The third-order valence-corrected chi connectivity index (χ3v) is 6.57. The first kappa shape index (κ1) is 18.1. The first-order valence-corrected chi connectivity index (χ1v) is 10.9. The van der Waals surface area contributed by atoms with E-state index in [9.17, 15) is 4.79 Å². The van der Waals surface area contributed by atoms with E-state index in [4.69, 9.17) is 0 Å². The molecule has 1 aliphatic rings. The molecule has 0 radical (unpaired) electrons. The van der Waals surface area contributed by atoms with E-state index in [1.165, 1.54) is 10.9 Å². The summed E-state index contributed by atoms with van der Waals surface area (Å²) >= 11 is 1.60. The van der Waals surface area contributed by atoms with Crippen molar-refractivity contribution in [3.05, 3.63) is 102 Å². The van der Waals surface area contributed by atoms with E-state index in [1.54, 1.807) is 11.8 Å². The SMILES string of the molecule is O=C(CSc1ccccc1)N1CCc2c([nH]c3ccccc23)[C@H]1c1ccccc1. The van der Waals surface area contributed by atoms with Gasteiger partial charge >= 0.3 is 0 Å². The topological polar surface area (TPSA) is 36.1 Å². The second kappa shape index (κ2) is 7.80. The van der Waals surface area contributed by atoms with E-state index in [-0.39, 0.29) is 11.9 Å². The quantitative estimate of drug-likeness (QED) is 0.465. The number of hydrogen-bond acceptors (Lipinski definition) is 2. The van der Waals surface area contributed by atoms with Gasteiger partial charge in [-0.3, -0.25) is 4.79 Å². The van der Waals surface area contributed by atoms with Crippen molar-refractivity contribution in [3.63, 3.8) is 0 Å². The minimum atomic E-state index is -0.0729. The molecule has 29 heavy (non-hydrogen) atoms. The molecule has 1 N–H and O–H groups in total. The van der Waals surface area contributed by atoms with Crippen LogP contribution in [-0.2, 0) is 11.2 Å². The number of nitrogens with zero attached hydrogens (tertiary/aromatic N) is 1. The molecule has 0 fully saturated rings. The zero-order chi connectivity index (χ0) is 19.6. The lowest BCUT2D eigenvalue weighted by Crippen LogP contribution is -2.41. The molecule has 1 aromatic heterocycles. The fourth-order valence-electron chi connectivity index (χ4n) is 4.24. The molecule has 0 bridgehead atoms. The van der Waals surface area contributed by atoms with Crippen molar-refractivity contribution >= 4 is 28.6 Å². The number of carbonyl (C=O) groups excluding carboxylic acids is 1. The Hall–Kier alpha value is -2.98. The molecule has 1 aliphatic heterocycles. The summed E-state index contributed by atoms with van der Waals surface area (Å²) in [6.07, 6.45) is 0.879. The predicted molar refractivity (Wildman–Crippen MR) is 119 cm³/mol. The Morgan fingerprint density at radius 3 is 2.41 bits per heavy atom. The first-order chi connectivity index (χ1) is 14.3. The number of H-pyrrole nitrogens is 1. The van der Waals surface area contributed by atoms with Gasteiger partial charge in [-0.1, -0.05) is 66.7 Å². The minimum absolute atomic E-state index is 0.0729. The van der Waals surface area contributed by atoms with E-state index in [0.717, 1.165) is 34.6 Å². The van der Waals surface area contributed by atoms with Crippen LogP contribution in [0, 0.1) is 0 Å². The Balaban J connectivity index is 1.50. The molecular formula is C25H22N2OS. The summed E-state index contributed by atoms with van der Waals surface area (Å²) in [5.41, 5.74) is 4.79.